The van der Waals surface area contributed by atoms with Gasteiger partial charge in [0, 0.05) is 12.5 Å². The predicted molar refractivity (Wildman–Crippen MR) is 196 cm³/mol. The molecule has 1 saturated heterocycles. The molecule has 2 atom stereocenters. The van der Waals surface area contributed by atoms with Crippen molar-refractivity contribution in [3.8, 4) is 11.1 Å². The first-order chi connectivity index (χ1) is 25.4. The number of nitrogens with zero attached hydrogens (tertiary/aromatic N) is 1. The van der Waals surface area contributed by atoms with Gasteiger partial charge in [0.05, 0.1) is 6.42 Å². The molecule has 7 rings (SSSR count). The number of hydrogen-bond donors (Lipinski definition) is 3. The Balaban J connectivity index is 1.17. The van der Waals surface area contributed by atoms with Crippen LogP contribution in [0.1, 0.15) is 53.0 Å². The Morgan fingerprint density at radius 3 is 1.69 bits per heavy atom. The number of alkyl carbamates (subject to hydrolysis) is 1. The summed E-state index contributed by atoms with van der Waals surface area (Å²) in [7, 11) is 0. The van der Waals surface area contributed by atoms with Gasteiger partial charge in [0.15, 0.2) is 0 Å². The normalized spacial score (nSPS) is 15.6. The van der Waals surface area contributed by atoms with E-state index in [1.807, 2.05) is 140 Å². The summed E-state index contributed by atoms with van der Waals surface area (Å²) in [5.41, 5.74) is 5.42. The third kappa shape index (κ3) is 6.65. The molecule has 262 valence electrons. The second kappa shape index (κ2) is 14.9. The second-order valence-electron chi connectivity index (χ2n) is 13.2. The molecule has 1 fully saturated rings. The molecule has 2 aliphatic rings. The van der Waals surface area contributed by atoms with Gasteiger partial charge < -0.3 is 25.4 Å². The molecule has 1 aliphatic heterocycles. The molecule has 0 bridgehead atoms. The molecular weight excluding hydrogens is 654 g/mol. The van der Waals surface area contributed by atoms with Crippen molar-refractivity contribution in [3.05, 3.63) is 167 Å². The molecule has 5 aromatic rings. The summed E-state index contributed by atoms with van der Waals surface area (Å²) in [5.74, 6) is -2.53. The number of carbonyl (C=O) groups is 4. The number of ether oxygens (including phenoxy) is 1. The predicted octanol–water partition coefficient (Wildman–Crippen LogP) is 6.47. The minimum absolute atomic E-state index is 0.00750. The van der Waals surface area contributed by atoms with Crippen LogP contribution in [0.15, 0.2) is 140 Å². The Hall–Kier alpha value is -6.22. The van der Waals surface area contributed by atoms with Crippen molar-refractivity contribution >= 4 is 23.9 Å². The third-order valence-corrected chi connectivity index (χ3v) is 10.1. The molecule has 5 aromatic carbocycles. The maximum atomic E-state index is 14.4. The summed E-state index contributed by atoms with van der Waals surface area (Å²) in [6.07, 6.45) is -0.560. The van der Waals surface area contributed by atoms with Crippen LogP contribution in [0, 0.1) is 0 Å². The zero-order chi connectivity index (χ0) is 36.1. The molecule has 1 aliphatic carbocycles. The minimum Gasteiger partial charge on any atom is -0.480 e. The van der Waals surface area contributed by atoms with Crippen LogP contribution < -0.4 is 10.6 Å². The molecule has 0 unspecified atom stereocenters. The molecule has 52 heavy (non-hydrogen) atoms. The van der Waals surface area contributed by atoms with E-state index in [0.717, 1.165) is 38.9 Å². The van der Waals surface area contributed by atoms with E-state index in [4.69, 9.17) is 4.74 Å². The summed E-state index contributed by atoms with van der Waals surface area (Å²) in [6.45, 7) is 0.204. The number of likely N-dealkylation sites (tertiary alicyclic amines) is 1. The molecule has 9 heteroatoms. The molecule has 0 aromatic heterocycles. The van der Waals surface area contributed by atoms with Gasteiger partial charge in [-0.2, -0.15) is 0 Å². The first-order valence-corrected chi connectivity index (χ1v) is 17.5. The second-order valence-corrected chi connectivity index (χ2v) is 13.2. The van der Waals surface area contributed by atoms with Gasteiger partial charge in [-0.15, -0.1) is 0 Å². The van der Waals surface area contributed by atoms with Gasteiger partial charge in [-0.1, -0.05) is 140 Å². The van der Waals surface area contributed by atoms with Crippen molar-refractivity contribution in [2.45, 2.75) is 42.8 Å². The molecule has 3 amide bonds. The maximum absolute atomic E-state index is 14.4. The van der Waals surface area contributed by atoms with Gasteiger partial charge in [0.2, 0.25) is 11.8 Å². The average molecular weight is 694 g/mol. The van der Waals surface area contributed by atoms with E-state index in [0.29, 0.717) is 6.42 Å². The van der Waals surface area contributed by atoms with E-state index in [-0.39, 0.29) is 25.5 Å². The van der Waals surface area contributed by atoms with Crippen molar-refractivity contribution in [1.82, 2.24) is 15.5 Å². The number of carboxylic acid groups (broad SMARTS) is 1. The Morgan fingerprint density at radius 1 is 0.712 bits per heavy atom. The number of benzene rings is 5. The fourth-order valence-corrected chi connectivity index (χ4v) is 7.70. The quantitative estimate of drug-likeness (QED) is 0.136. The average Bonchev–Trinajstić information content (AvgIpc) is 3.81. The van der Waals surface area contributed by atoms with Crippen LogP contribution in [0.2, 0.25) is 0 Å². The van der Waals surface area contributed by atoms with Crippen molar-refractivity contribution in [2.24, 2.45) is 0 Å². The van der Waals surface area contributed by atoms with Crippen LogP contribution in [0.4, 0.5) is 4.79 Å². The molecule has 0 radical (unpaired) electrons. The Bertz CT molecular complexity index is 1930. The molecule has 0 saturated carbocycles. The van der Waals surface area contributed by atoms with Crippen LogP contribution in [-0.2, 0) is 24.7 Å². The molecule has 3 N–H and O–H groups in total. The number of aliphatic carboxylic acids is 1. The number of nitrogens with one attached hydrogen (secondary N) is 2. The van der Waals surface area contributed by atoms with Crippen LogP contribution in [-0.4, -0.2) is 59.1 Å². The highest BCUT2D eigenvalue weighted by Gasteiger charge is 2.42. The van der Waals surface area contributed by atoms with Crippen molar-refractivity contribution in [2.75, 3.05) is 13.2 Å². The number of amides is 3. The zero-order valence-corrected chi connectivity index (χ0v) is 28.5. The number of hydrogen-bond acceptors (Lipinski definition) is 5. The lowest BCUT2D eigenvalue weighted by molar-refractivity contribution is -0.149. The monoisotopic (exact) mass is 693 g/mol. The van der Waals surface area contributed by atoms with Crippen LogP contribution in [0.5, 0.6) is 0 Å². The van der Waals surface area contributed by atoms with E-state index >= 15 is 0 Å². The lowest BCUT2D eigenvalue weighted by Gasteiger charge is -2.37. The van der Waals surface area contributed by atoms with E-state index in [1.54, 1.807) is 0 Å². The first-order valence-electron chi connectivity index (χ1n) is 17.5. The minimum atomic E-state index is -1.39. The van der Waals surface area contributed by atoms with Crippen molar-refractivity contribution in [3.63, 3.8) is 0 Å². The highest BCUT2D eigenvalue weighted by Crippen LogP contribution is 2.44. The van der Waals surface area contributed by atoms with E-state index in [1.165, 1.54) is 4.90 Å². The number of carboxylic acids is 1. The van der Waals surface area contributed by atoms with Crippen molar-refractivity contribution in [1.29, 1.82) is 0 Å². The Morgan fingerprint density at radius 2 is 1.19 bits per heavy atom. The van der Waals surface area contributed by atoms with E-state index in [2.05, 4.69) is 10.6 Å². The highest BCUT2D eigenvalue weighted by atomic mass is 16.5. The van der Waals surface area contributed by atoms with E-state index < -0.39 is 47.9 Å². The lowest BCUT2D eigenvalue weighted by Crippen LogP contribution is -2.55. The smallest absolute Gasteiger partial charge is 0.407 e. The summed E-state index contributed by atoms with van der Waals surface area (Å²) < 4.78 is 5.78. The van der Waals surface area contributed by atoms with Crippen LogP contribution in [0.25, 0.3) is 11.1 Å². The van der Waals surface area contributed by atoms with Crippen LogP contribution >= 0.6 is 0 Å². The number of carbonyl (C=O) groups excluding carboxylic acids is 3. The zero-order valence-electron chi connectivity index (χ0n) is 28.5. The highest BCUT2D eigenvalue weighted by molar-refractivity contribution is 5.94. The summed E-state index contributed by atoms with van der Waals surface area (Å²) in [6, 6.07) is 42.1. The van der Waals surface area contributed by atoms with Crippen molar-refractivity contribution < 1.29 is 29.0 Å². The molecule has 1 heterocycles. The van der Waals surface area contributed by atoms with Gasteiger partial charge in [-0.3, -0.25) is 9.59 Å². The molecule has 0 spiro atoms. The Labute approximate surface area is 302 Å². The Kier molecular flexibility index (Phi) is 9.84. The molecular formula is C43H39N3O6. The van der Waals surface area contributed by atoms with Gasteiger partial charge in [-0.05, 0) is 51.8 Å². The number of fused-ring (bicyclic) bond motifs is 3. The summed E-state index contributed by atoms with van der Waals surface area (Å²) in [5, 5.41) is 15.8. The van der Waals surface area contributed by atoms with Gasteiger partial charge in [0.1, 0.15) is 24.2 Å². The van der Waals surface area contributed by atoms with E-state index in [9.17, 15) is 24.3 Å². The standard InChI is InChI=1S/C43H39N3O6/c47-39(45-43(29-15-4-1-5-16-29,30-17-6-2-7-18-30)31-19-8-3-9-20-31)27-37(40(48)46-26-14-25-38(46)41(49)50)44-42(51)52-28-36-34-23-12-10-21-32(34)33-22-11-13-24-35(33)36/h1-13,15-24,36-38H,14,25-28H2,(H,44,51)(H,45,47)(H,49,50)/t37-,38-/m0/s1. The number of rotatable bonds is 11. The first kappa shape index (κ1) is 34.2. The van der Waals surface area contributed by atoms with Gasteiger partial charge >= 0.3 is 12.1 Å². The lowest BCUT2D eigenvalue weighted by atomic mass is 9.77. The van der Waals surface area contributed by atoms with Gasteiger partial charge in [-0.25, -0.2) is 9.59 Å². The molecule has 9 nitrogen and oxygen atoms in total. The van der Waals surface area contributed by atoms with Crippen LogP contribution in [0.3, 0.4) is 0 Å². The summed E-state index contributed by atoms with van der Waals surface area (Å²) in [4.78, 5) is 55.4. The maximum Gasteiger partial charge on any atom is 0.407 e. The largest absolute Gasteiger partial charge is 0.480 e. The van der Waals surface area contributed by atoms with Gasteiger partial charge in [0.25, 0.3) is 0 Å². The topological polar surface area (TPSA) is 125 Å². The fourth-order valence-electron chi connectivity index (χ4n) is 7.70. The summed E-state index contributed by atoms with van der Waals surface area (Å²) >= 11 is 0. The SMILES string of the molecule is O=C(C[C@H](NC(=O)OCC1c2ccccc2-c2ccccc21)C(=O)N1CCC[C@H]1C(=O)O)NC(c1ccccc1)(c1ccccc1)c1ccccc1. The third-order valence-electron chi connectivity index (χ3n) is 10.1. The fraction of sp³-hybridized carbons (Fsp3) is 0.209.